The molecule has 1 aliphatic carbocycles. The number of aromatic nitrogens is 1. The van der Waals surface area contributed by atoms with Crippen LogP contribution in [0.25, 0.3) is 10.9 Å². The van der Waals surface area contributed by atoms with Crippen molar-refractivity contribution < 1.29 is 17.9 Å². The van der Waals surface area contributed by atoms with E-state index >= 15 is 0 Å². The highest BCUT2D eigenvalue weighted by Crippen LogP contribution is 2.39. The van der Waals surface area contributed by atoms with Crippen molar-refractivity contribution >= 4 is 26.6 Å². The lowest BCUT2D eigenvalue weighted by Gasteiger charge is -2.24. The first-order valence-corrected chi connectivity index (χ1v) is 14.6. The summed E-state index contributed by atoms with van der Waals surface area (Å²) in [6, 6.07) is 15.6. The Morgan fingerprint density at radius 3 is 2.50 bits per heavy atom. The van der Waals surface area contributed by atoms with E-state index in [2.05, 4.69) is 9.71 Å². The summed E-state index contributed by atoms with van der Waals surface area (Å²) in [6.07, 6.45) is 6.90. The van der Waals surface area contributed by atoms with Crippen LogP contribution in [0.5, 0.6) is 5.75 Å². The predicted octanol–water partition coefficient (Wildman–Crippen LogP) is 6.14. The average molecular weight is 533 g/mol. The Bertz CT molecular complexity index is 1640. The third kappa shape index (κ3) is 5.05. The van der Waals surface area contributed by atoms with Gasteiger partial charge in [0.15, 0.2) is 0 Å². The summed E-state index contributed by atoms with van der Waals surface area (Å²) >= 11 is 0. The number of sulfonamides is 1. The Kier molecular flexibility index (Phi) is 7.25. The van der Waals surface area contributed by atoms with Crippen molar-refractivity contribution in [2.24, 2.45) is 5.92 Å². The molecule has 1 unspecified atom stereocenters. The molecule has 2 aromatic carbocycles. The number of benzene rings is 2. The van der Waals surface area contributed by atoms with Crippen molar-refractivity contribution in [2.45, 2.75) is 63.2 Å². The van der Waals surface area contributed by atoms with Crippen LogP contribution in [-0.2, 0) is 22.9 Å². The Hall–Kier alpha value is -3.65. The maximum Gasteiger partial charge on any atom is 0.343 e. The quantitative estimate of drug-likeness (QED) is 0.309. The van der Waals surface area contributed by atoms with Crippen LogP contribution in [-0.4, -0.2) is 18.5 Å². The monoisotopic (exact) mass is 532 g/mol. The van der Waals surface area contributed by atoms with Gasteiger partial charge in [-0.05, 0) is 55.0 Å². The third-order valence-electron chi connectivity index (χ3n) is 7.25. The average Bonchev–Trinajstić information content (AvgIpc) is 2.87. The molecule has 0 saturated carbocycles. The van der Waals surface area contributed by atoms with E-state index in [4.69, 9.17) is 4.42 Å². The van der Waals surface area contributed by atoms with Crippen LogP contribution in [0.3, 0.4) is 0 Å². The number of pyridine rings is 1. The molecule has 38 heavy (non-hydrogen) atoms. The van der Waals surface area contributed by atoms with Gasteiger partial charge in [0.1, 0.15) is 16.4 Å². The van der Waals surface area contributed by atoms with Gasteiger partial charge in [0.05, 0.1) is 11.1 Å². The molecule has 7 nitrogen and oxygen atoms in total. The third-order valence-corrected chi connectivity index (χ3v) is 8.67. The van der Waals surface area contributed by atoms with Crippen LogP contribution in [0.2, 0.25) is 0 Å². The molecule has 0 aliphatic heterocycles. The number of aryl methyl sites for hydroxylation is 1. The van der Waals surface area contributed by atoms with Crippen molar-refractivity contribution in [2.75, 3.05) is 4.72 Å². The number of hydrogen-bond acceptors (Lipinski definition) is 6. The van der Waals surface area contributed by atoms with Crippen LogP contribution in [0.15, 0.2) is 74.9 Å². The van der Waals surface area contributed by atoms with Gasteiger partial charge in [-0.15, -0.1) is 0 Å². The fourth-order valence-electron chi connectivity index (χ4n) is 5.48. The lowest BCUT2D eigenvalue weighted by Crippen LogP contribution is -2.21. The number of fused-ring (bicyclic) bond motifs is 2. The minimum atomic E-state index is -3.95. The van der Waals surface area contributed by atoms with Gasteiger partial charge in [-0.2, -0.15) is 0 Å². The second-order valence-electron chi connectivity index (χ2n) is 10.3. The van der Waals surface area contributed by atoms with Gasteiger partial charge < -0.3 is 9.52 Å². The van der Waals surface area contributed by atoms with E-state index in [0.29, 0.717) is 35.4 Å². The molecule has 0 amide bonds. The molecule has 0 radical (unpaired) electrons. The molecule has 5 rings (SSSR count). The Morgan fingerprint density at radius 2 is 1.71 bits per heavy atom. The van der Waals surface area contributed by atoms with Gasteiger partial charge in [0.2, 0.25) is 0 Å². The van der Waals surface area contributed by atoms with Gasteiger partial charge in [-0.3, -0.25) is 9.71 Å². The summed E-state index contributed by atoms with van der Waals surface area (Å²) in [6.45, 7) is 3.94. The first kappa shape index (κ1) is 26.0. The Balaban J connectivity index is 1.54. The number of rotatable bonds is 6. The number of para-hydroxylation sites is 1. The highest BCUT2D eigenvalue weighted by Gasteiger charge is 2.30. The zero-order valence-corrected chi connectivity index (χ0v) is 22.4. The van der Waals surface area contributed by atoms with Crippen molar-refractivity contribution in [3.05, 3.63) is 93.7 Å². The van der Waals surface area contributed by atoms with Crippen LogP contribution >= 0.6 is 0 Å². The number of hydrogen-bond donors (Lipinski definition) is 2. The molecule has 4 aromatic rings. The summed E-state index contributed by atoms with van der Waals surface area (Å²) in [4.78, 5) is 17.6. The first-order chi connectivity index (χ1) is 18.3. The summed E-state index contributed by atoms with van der Waals surface area (Å²) < 4.78 is 35.2. The summed E-state index contributed by atoms with van der Waals surface area (Å²) in [5.74, 6) is 0.0588. The van der Waals surface area contributed by atoms with Gasteiger partial charge in [-0.1, -0.05) is 57.0 Å². The zero-order chi connectivity index (χ0) is 26.9. The molecule has 0 fully saturated rings. The molecule has 2 N–H and O–H groups in total. The van der Waals surface area contributed by atoms with E-state index in [1.165, 1.54) is 6.07 Å². The second-order valence-corrected chi connectivity index (χ2v) is 11.9. The highest BCUT2D eigenvalue weighted by atomic mass is 32.2. The van der Waals surface area contributed by atoms with E-state index < -0.39 is 21.6 Å². The molecule has 0 saturated heterocycles. The fourth-order valence-corrected chi connectivity index (χ4v) is 6.71. The van der Waals surface area contributed by atoms with Gasteiger partial charge in [-0.25, -0.2) is 13.2 Å². The Morgan fingerprint density at radius 1 is 0.974 bits per heavy atom. The second kappa shape index (κ2) is 10.6. The highest BCUT2D eigenvalue weighted by molar-refractivity contribution is 7.93. The van der Waals surface area contributed by atoms with Crippen LogP contribution in [0.4, 0.5) is 5.69 Å². The van der Waals surface area contributed by atoms with Crippen molar-refractivity contribution in [1.82, 2.24) is 4.98 Å². The van der Waals surface area contributed by atoms with E-state index in [-0.39, 0.29) is 22.1 Å². The van der Waals surface area contributed by atoms with Gasteiger partial charge in [0, 0.05) is 35.2 Å². The number of anilines is 1. The Labute approximate surface area is 222 Å². The van der Waals surface area contributed by atoms with Crippen LogP contribution in [0.1, 0.15) is 67.9 Å². The van der Waals surface area contributed by atoms with E-state index in [9.17, 15) is 18.3 Å². The molecular formula is C30H32N2O5S. The van der Waals surface area contributed by atoms with Crippen LogP contribution < -0.4 is 10.3 Å². The SMILES string of the molecule is CC(C)C(c1cccc(NS(=O)(=O)c2cccc3cccnc23)c1)c1c(O)c2c(oc1=O)CCCCCC2. The molecule has 1 aliphatic rings. The summed E-state index contributed by atoms with van der Waals surface area (Å²) in [5.41, 5.74) is 1.89. The van der Waals surface area contributed by atoms with Gasteiger partial charge in [0.25, 0.3) is 10.0 Å². The lowest BCUT2D eigenvalue weighted by atomic mass is 9.81. The molecule has 2 aromatic heterocycles. The first-order valence-electron chi connectivity index (χ1n) is 13.1. The molecule has 8 heteroatoms. The van der Waals surface area contributed by atoms with Crippen molar-refractivity contribution in [3.8, 4) is 5.75 Å². The molecule has 0 spiro atoms. The molecule has 0 bridgehead atoms. The maximum atomic E-state index is 13.4. The number of nitrogens with one attached hydrogen (secondary N) is 1. The number of nitrogens with zero attached hydrogens (tertiary/aromatic N) is 1. The predicted molar refractivity (Wildman–Crippen MR) is 148 cm³/mol. The van der Waals surface area contributed by atoms with E-state index in [1.54, 1.807) is 36.5 Å². The minimum absolute atomic E-state index is 0.0182. The number of aromatic hydroxyl groups is 1. The molecule has 1 atom stereocenters. The molecule has 198 valence electrons. The lowest BCUT2D eigenvalue weighted by molar-refractivity contribution is 0.376. The summed E-state index contributed by atoms with van der Waals surface area (Å²) in [7, 11) is -3.95. The topological polar surface area (TPSA) is 110 Å². The zero-order valence-electron chi connectivity index (χ0n) is 21.6. The normalized spacial score (nSPS) is 15.0. The van der Waals surface area contributed by atoms with Crippen molar-refractivity contribution in [3.63, 3.8) is 0 Å². The standard InChI is InChI=1S/C30H32N2O5S/c1-19(2)26(27-29(33)23-14-5-3-4-6-15-24(23)37-30(27)34)21-11-7-13-22(18-21)32-38(35,36)25-16-8-10-20-12-9-17-31-28(20)25/h7-13,16-19,26,32-33H,3-6,14-15H2,1-2H3. The fraction of sp³-hybridized carbons (Fsp3) is 0.333. The van der Waals surface area contributed by atoms with Gasteiger partial charge >= 0.3 is 5.63 Å². The van der Waals surface area contributed by atoms with E-state index in [1.807, 2.05) is 32.0 Å². The van der Waals surface area contributed by atoms with Crippen molar-refractivity contribution in [1.29, 1.82) is 0 Å². The van der Waals surface area contributed by atoms with E-state index in [0.717, 1.165) is 36.6 Å². The largest absolute Gasteiger partial charge is 0.507 e. The minimum Gasteiger partial charge on any atom is -0.507 e. The maximum absolute atomic E-state index is 13.4. The molecular weight excluding hydrogens is 500 g/mol. The summed E-state index contributed by atoms with van der Waals surface area (Å²) in [5, 5.41) is 12.1. The smallest absolute Gasteiger partial charge is 0.343 e. The molecule has 2 heterocycles. The van der Waals surface area contributed by atoms with Crippen LogP contribution in [0, 0.1) is 5.92 Å².